The van der Waals surface area contributed by atoms with E-state index in [-0.39, 0.29) is 36.9 Å². The lowest BCUT2D eigenvalue weighted by molar-refractivity contribution is 0.0590. The summed E-state index contributed by atoms with van der Waals surface area (Å²) >= 11 is 0. The zero-order valence-electron chi connectivity index (χ0n) is 18.1. The number of fused-ring (bicyclic) bond motifs is 1. The molecule has 1 saturated carbocycles. The van der Waals surface area contributed by atoms with E-state index >= 15 is 0 Å². The molecule has 0 saturated heterocycles. The van der Waals surface area contributed by atoms with Crippen molar-refractivity contribution >= 4 is 11.8 Å². The SMILES string of the molecule is CC(C)CNC(=O)c1cc(CN(C(=O)c2ccc3c(c2)OCO3)C2CCCCC2)on1. The first-order valence-corrected chi connectivity index (χ1v) is 11.0. The van der Waals surface area contributed by atoms with Gasteiger partial charge in [-0.25, -0.2) is 0 Å². The predicted octanol–water partition coefficient (Wildman–Crippen LogP) is 3.76. The second kappa shape index (κ2) is 9.41. The van der Waals surface area contributed by atoms with Crippen LogP contribution in [0.3, 0.4) is 0 Å². The summed E-state index contributed by atoms with van der Waals surface area (Å²) < 4.78 is 16.2. The Kier molecular flexibility index (Phi) is 6.44. The van der Waals surface area contributed by atoms with Gasteiger partial charge in [-0.05, 0) is 37.0 Å². The van der Waals surface area contributed by atoms with Gasteiger partial charge < -0.3 is 24.2 Å². The third kappa shape index (κ3) is 5.00. The molecule has 1 aromatic heterocycles. The van der Waals surface area contributed by atoms with E-state index in [4.69, 9.17) is 14.0 Å². The van der Waals surface area contributed by atoms with Crippen molar-refractivity contribution in [2.24, 2.45) is 5.92 Å². The Morgan fingerprint density at radius 3 is 2.68 bits per heavy atom. The fourth-order valence-corrected chi connectivity index (χ4v) is 4.00. The van der Waals surface area contributed by atoms with Crippen molar-refractivity contribution in [1.29, 1.82) is 0 Å². The first kappa shape index (κ1) is 21.2. The molecule has 2 amide bonds. The van der Waals surface area contributed by atoms with Crippen LogP contribution in [0, 0.1) is 5.92 Å². The monoisotopic (exact) mass is 427 g/mol. The highest BCUT2D eigenvalue weighted by molar-refractivity contribution is 5.95. The minimum Gasteiger partial charge on any atom is -0.454 e. The van der Waals surface area contributed by atoms with Gasteiger partial charge in [-0.1, -0.05) is 38.3 Å². The average molecular weight is 428 g/mol. The van der Waals surface area contributed by atoms with Crippen LogP contribution in [0.1, 0.15) is 72.6 Å². The molecule has 2 aliphatic rings. The number of ether oxygens (including phenoxy) is 2. The first-order chi connectivity index (χ1) is 15.0. The summed E-state index contributed by atoms with van der Waals surface area (Å²) in [4.78, 5) is 27.6. The summed E-state index contributed by atoms with van der Waals surface area (Å²) in [6.07, 6.45) is 5.27. The number of carbonyl (C=O) groups is 2. The van der Waals surface area contributed by atoms with E-state index in [9.17, 15) is 9.59 Å². The van der Waals surface area contributed by atoms with Crippen molar-refractivity contribution in [3.8, 4) is 11.5 Å². The van der Waals surface area contributed by atoms with Crippen molar-refractivity contribution in [2.45, 2.75) is 58.5 Å². The van der Waals surface area contributed by atoms with Crippen molar-refractivity contribution in [3.63, 3.8) is 0 Å². The van der Waals surface area contributed by atoms with Gasteiger partial charge in [0.2, 0.25) is 6.79 Å². The van der Waals surface area contributed by atoms with Gasteiger partial charge >= 0.3 is 0 Å². The molecule has 8 nitrogen and oxygen atoms in total. The summed E-state index contributed by atoms with van der Waals surface area (Å²) in [5.41, 5.74) is 0.777. The average Bonchev–Trinajstić information content (AvgIpc) is 3.45. The molecule has 0 unspecified atom stereocenters. The quantitative estimate of drug-likeness (QED) is 0.723. The van der Waals surface area contributed by atoms with Crippen molar-refractivity contribution < 1.29 is 23.6 Å². The highest BCUT2D eigenvalue weighted by atomic mass is 16.7. The van der Waals surface area contributed by atoms with Crippen LogP contribution in [0.4, 0.5) is 0 Å². The second-order valence-electron chi connectivity index (χ2n) is 8.58. The highest BCUT2D eigenvalue weighted by Crippen LogP contribution is 2.34. The van der Waals surface area contributed by atoms with E-state index in [1.54, 1.807) is 24.3 Å². The molecule has 31 heavy (non-hydrogen) atoms. The molecule has 1 aliphatic carbocycles. The fraction of sp³-hybridized carbons (Fsp3) is 0.522. The molecule has 0 radical (unpaired) electrons. The van der Waals surface area contributed by atoms with Crippen LogP contribution in [0.5, 0.6) is 11.5 Å². The maximum atomic E-state index is 13.5. The molecule has 8 heteroatoms. The third-order valence-corrected chi connectivity index (χ3v) is 5.68. The Labute approximate surface area is 181 Å². The molecule has 0 bridgehead atoms. The Hall–Kier alpha value is -3.03. The second-order valence-corrected chi connectivity index (χ2v) is 8.58. The van der Waals surface area contributed by atoms with E-state index in [2.05, 4.69) is 10.5 Å². The number of nitrogens with one attached hydrogen (secondary N) is 1. The smallest absolute Gasteiger partial charge is 0.273 e. The van der Waals surface area contributed by atoms with E-state index in [0.717, 1.165) is 25.7 Å². The zero-order chi connectivity index (χ0) is 21.8. The van der Waals surface area contributed by atoms with Crippen molar-refractivity contribution in [1.82, 2.24) is 15.4 Å². The molecule has 1 fully saturated rings. The Morgan fingerprint density at radius 1 is 1.13 bits per heavy atom. The van der Waals surface area contributed by atoms with E-state index in [1.165, 1.54) is 6.42 Å². The lowest BCUT2D eigenvalue weighted by Crippen LogP contribution is -2.40. The van der Waals surface area contributed by atoms with Gasteiger partial charge in [0.15, 0.2) is 23.0 Å². The van der Waals surface area contributed by atoms with Gasteiger partial charge in [0.1, 0.15) is 0 Å². The van der Waals surface area contributed by atoms with Gasteiger partial charge in [-0.2, -0.15) is 0 Å². The van der Waals surface area contributed by atoms with Crippen LogP contribution in [0.25, 0.3) is 0 Å². The van der Waals surface area contributed by atoms with Gasteiger partial charge in [0.05, 0.1) is 6.54 Å². The number of carbonyl (C=O) groups excluding carboxylic acids is 2. The minimum atomic E-state index is -0.269. The molecular formula is C23H29N3O5. The summed E-state index contributed by atoms with van der Waals surface area (Å²) in [6.45, 7) is 5.05. The number of hydrogen-bond donors (Lipinski definition) is 1. The van der Waals surface area contributed by atoms with Gasteiger partial charge in [0.25, 0.3) is 11.8 Å². The van der Waals surface area contributed by atoms with Crippen LogP contribution in [0.2, 0.25) is 0 Å². The maximum absolute atomic E-state index is 13.5. The maximum Gasteiger partial charge on any atom is 0.273 e. The van der Waals surface area contributed by atoms with Crippen LogP contribution >= 0.6 is 0 Å². The van der Waals surface area contributed by atoms with E-state index < -0.39 is 0 Å². The fourth-order valence-electron chi connectivity index (χ4n) is 4.00. The van der Waals surface area contributed by atoms with Gasteiger partial charge in [0, 0.05) is 24.2 Å². The number of aromatic nitrogens is 1. The number of nitrogens with zero attached hydrogens (tertiary/aromatic N) is 2. The number of rotatable bonds is 7. The molecule has 166 valence electrons. The van der Waals surface area contributed by atoms with Crippen LogP contribution < -0.4 is 14.8 Å². The Morgan fingerprint density at radius 2 is 1.90 bits per heavy atom. The molecular weight excluding hydrogens is 398 g/mol. The van der Waals surface area contributed by atoms with Gasteiger partial charge in [-0.3, -0.25) is 9.59 Å². The predicted molar refractivity (Wildman–Crippen MR) is 113 cm³/mol. The standard InChI is InChI=1S/C23H29N3O5/c1-15(2)12-24-22(27)19-11-18(31-25-19)13-26(17-6-4-3-5-7-17)23(28)16-8-9-20-21(10-16)30-14-29-20/h8-11,15,17H,3-7,12-14H2,1-2H3,(H,24,27). The third-order valence-electron chi connectivity index (χ3n) is 5.68. The Bertz CT molecular complexity index is 933. The summed E-state index contributed by atoms with van der Waals surface area (Å²) in [5.74, 6) is 1.71. The molecule has 0 atom stereocenters. The molecule has 1 N–H and O–H groups in total. The van der Waals surface area contributed by atoms with Crippen molar-refractivity contribution in [2.75, 3.05) is 13.3 Å². The minimum absolute atomic E-state index is 0.0904. The molecule has 4 rings (SSSR count). The lowest BCUT2D eigenvalue weighted by Gasteiger charge is -2.33. The summed E-state index contributed by atoms with van der Waals surface area (Å²) in [6, 6.07) is 7.00. The number of amides is 2. The Balaban J connectivity index is 1.52. The molecule has 2 aromatic rings. The zero-order valence-corrected chi connectivity index (χ0v) is 18.1. The van der Waals surface area contributed by atoms with Gasteiger partial charge in [-0.15, -0.1) is 0 Å². The van der Waals surface area contributed by atoms with Crippen molar-refractivity contribution in [3.05, 3.63) is 41.3 Å². The summed E-state index contributed by atoms with van der Waals surface area (Å²) in [7, 11) is 0. The van der Waals surface area contributed by atoms with Crippen LogP contribution in [0.15, 0.2) is 28.8 Å². The van der Waals surface area contributed by atoms with E-state index in [0.29, 0.717) is 35.3 Å². The normalized spacial score (nSPS) is 15.8. The lowest BCUT2D eigenvalue weighted by atomic mass is 9.93. The van der Waals surface area contributed by atoms with E-state index in [1.807, 2.05) is 18.7 Å². The summed E-state index contributed by atoms with van der Waals surface area (Å²) in [5, 5.41) is 6.74. The first-order valence-electron chi connectivity index (χ1n) is 11.0. The van der Waals surface area contributed by atoms with Crippen LogP contribution in [-0.2, 0) is 6.54 Å². The molecule has 1 aromatic carbocycles. The highest BCUT2D eigenvalue weighted by Gasteiger charge is 2.29. The molecule has 2 heterocycles. The molecule has 0 spiro atoms. The number of hydrogen-bond acceptors (Lipinski definition) is 6. The molecule has 1 aliphatic heterocycles. The van der Waals surface area contributed by atoms with Crippen LogP contribution in [-0.4, -0.2) is 41.3 Å². The topological polar surface area (TPSA) is 93.9 Å². The number of benzene rings is 1. The largest absolute Gasteiger partial charge is 0.454 e.